The molecule has 0 bridgehead atoms. The summed E-state index contributed by atoms with van der Waals surface area (Å²) in [6.07, 6.45) is 0.369. The molecule has 136 valence electrons. The Morgan fingerprint density at radius 1 is 1.15 bits per heavy atom. The number of carbonyl (C=O) groups is 1. The molecule has 2 aromatic rings. The van der Waals surface area contributed by atoms with E-state index in [0.29, 0.717) is 24.5 Å². The van der Waals surface area contributed by atoms with Crippen molar-refractivity contribution in [2.45, 2.75) is 19.3 Å². The summed E-state index contributed by atoms with van der Waals surface area (Å²) in [5, 5.41) is 2.95. The molecule has 26 heavy (non-hydrogen) atoms. The summed E-state index contributed by atoms with van der Waals surface area (Å²) in [5.74, 6) is 2.08. The SMILES string of the molecule is CCOc1cc(N(C)C)ccc1[C@H]1CC(=O)Nc2cc3c(cc21)OCO3. The van der Waals surface area contributed by atoms with Crippen molar-refractivity contribution in [3.05, 3.63) is 41.5 Å². The van der Waals surface area contributed by atoms with Gasteiger partial charge in [-0.25, -0.2) is 0 Å². The minimum absolute atomic E-state index is 0.0134. The molecule has 0 aromatic heterocycles. The van der Waals surface area contributed by atoms with Crippen LogP contribution in [0, 0.1) is 0 Å². The predicted molar refractivity (Wildman–Crippen MR) is 99.6 cm³/mol. The van der Waals surface area contributed by atoms with Gasteiger partial charge in [-0.1, -0.05) is 6.07 Å². The second-order valence-corrected chi connectivity index (χ2v) is 6.65. The van der Waals surface area contributed by atoms with Crippen molar-refractivity contribution in [2.75, 3.05) is 37.7 Å². The van der Waals surface area contributed by atoms with Gasteiger partial charge in [-0.05, 0) is 24.6 Å². The van der Waals surface area contributed by atoms with Gasteiger partial charge in [0.25, 0.3) is 0 Å². The Kier molecular flexibility index (Phi) is 4.11. The number of nitrogens with one attached hydrogen (secondary N) is 1. The summed E-state index contributed by atoms with van der Waals surface area (Å²) in [4.78, 5) is 14.4. The Hall–Kier alpha value is -2.89. The Balaban J connectivity index is 1.82. The molecule has 0 spiro atoms. The van der Waals surface area contributed by atoms with Gasteiger partial charge < -0.3 is 24.4 Å². The number of fused-ring (bicyclic) bond motifs is 2. The molecular weight excluding hydrogens is 332 g/mol. The van der Waals surface area contributed by atoms with Gasteiger partial charge >= 0.3 is 0 Å². The highest BCUT2D eigenvalue weighted by atomic mass is 16.7. The minimum Gasteiger partial charge on any atom is -0.493 e. The number of anilines is 2. The number of ether oxygens (including phenoxy) is 3. The molecule has 0 saturated heterocycles. The maximum absolute atomic E-state index is 12.3. The highest BCUT2D eigenvalue weighted by molar-refractivity contribution is 5.96. The minimum atomic E-state index is -0.0917. The van der Waals surface area contributed by atoms with Crippen molar-refractivity contribution in [2.24, 2.45) is 0 Å². The third-order valence-corrected chi connectivity index (χ3v) is 4.77. The number of rotatable bonds is 4. The average Bonchev–Trinajstić information content (AvgIpc) is 3.06. The second kappa shape index (κ2) is 6.44. The van der Waals surface area contributed by atoms with E-state index in [1.807, 2.05) is 44.1 Å². The van der Waals surface area contributed by atoms with Gasteiger partial charge in [-0.3, -0.25) is 4.79 Å². The summed E-state index contributed by atoms with van der Waals surface area (Å²) < 4.78 is 16.9. The van der Waals surface area contributed by atoms with Gasteiger partial charge in [0, 0.05) is 55.5 Å². The number of hydrogen-bond acceptors (Lipinski definition) is 5. The number of nitrogens with zero attached hydrogens (tertiary/aromatic N) is 1. The maximum Gasteiger partial charge on any atom is 0.231 e. The summed E-state index contributed by atoms with van der Waals surface area (Å²) in [7, 11) is 3.99. The number of carbonyl (C=O) groups excluding carboxylic acids is 1. The van der Waals surface area contributed by atoms with Gasteiger partial charge in [0.1, 0.15) is 5.75 Å². The zero-order chi connectivity index (χ0) is 18.3. The Morgan fingerprint density at radius 2 is 1.92 bits per heavy atom. The van der Waals surface area contributed by atoms with Crippen LogP contribution in [0.3, 0.4) is 0 Å². The molecule has 1 N–H and O–H groups in total. The summed E-state index contributed by atoms with van der Waals surface area (Å²) in [6.45, 7) is 2.74. The van der Waals surface area contributed by atoms with Crippen molar-refractivity contribution in [1.82, 2.24) is 0 Å². The monoisotopic (exact) mass is 354 g/mol. The molecule has 0 aliphatic carbocycles. The fourth-order valence-corrected chi connectivity index (χ4v) is 3.50. The molecule has 0 unspecified atom stereocenters. The van der Waals surface area contributed by atoms with Crippen molar-refractivity contribution in [1.29, 1.82) is 0 Å². The molecule has 1 amide bonds. The molecule has 0 saturated carbocycles. The first-order chi connectivity index (χ1) is 12.6. The fraction of sp³-hybridized carbons (Fsp3) is 0.350. The van der Waals surface area contributed by atoms with Crippen LogP contribution >= 0.6 is 0 Å². The van der Waals surface area contributed by atoms with Gasteiger partial charge in [0.2, 0.25) is 12.7 Å². The van der Waals surface area contributed by atoms with Crippen LogP contribution in [-0.4, -0.2) is 33.4 Å². The number of amides is 1. The molecule has 2 aliphatic rings. The van der Waals surface area contributed by atoms with Gasteiger partial charge in [0.15, 0.2) is 11.5 Å². The molecule has 2 heterocycles. The molecule has 6 nitrogen and oxygen atoms in total. The quantitative estimate of drug-likeness (QED) is 0.912. The molecule has 2 aromatic carbocycles. The van der Waals surface area contributed by atoms with Crippen molar-refractivity contribution < 1.29 is 19.0 Å². The first kappa shape index (κ1) is 16.6. The van der Waals surface area contributed by atoms with E-state index >= 15 is 0 Å². The van der Waals surface area contributed by atoms with E-state index in [1.54, 1.807) is 0 Å². The van der Waals surface area contributed by atoms with Crippen LogP contribution in [0.15, 0.2) is 30.3 Å². The third-order valence-electron chi connectivity index (χ3n) is 4.77. The smallest absolute Gasteiger partial charge is 0.231 e. The Labute approximate surface area is 152 Å². The highest BCUT2D eigenvalue weighted by Crippen LogP contribution is 2.46. The van der Waals surface area contributed by atoms with Crippen molar-refractivity contribution in [3.63, 3.8) is 0 Å². The molecular formula is C20H22N2O4. The summed E-state index contributed by atoms with van der Waals surface area (Å²) >= 11 is 0. The van der Waals surface area contributed by atoms with Crippen LogP contribution < -0.4 is 24.4 Å². The van der Waals surface area contributed by atoms with E-state index in [0.717, 1.165) is 28.3 Å². The lowest BCUT2D eigenvalue weighted by atomic mass is 9.84. The van der Waals surface area contributed by atoms with Crippen molar-refractivity contribution >= 4 is 17.3 Å². The lowest BCUT2D eigenvalue weighted by molar-refractivity contribution is -0.116. The fourth-order valence-electron chi connectivity index (χ4n) is 3.50. The standard InChI is InChI=1S/C20H22N2O4/c1-4-24-17-7-12(22(2)3)5-6-13(17)14-9-20(23)21-16-10-19-18(8-15(14)16)25-11-26-19/h5-8,10,14H,4,9,11H2,1-3H3,(H,21,23)/t14-/m1/s1. The molecule has 4 rings (SSSR count). The van der Waals surface area contributed by atoms with Gasteiger partial charge in [-0.15, -0.1) is 0 Å². The van der Waals surface area contributed by atoms with Crippen LogP contribution in [0.2, 0.25) is 0 Å². The van der Waals surface area contributed by atoms with Crippen LogP contribution in [-0.2, 0) is 4.79 Å². The van der Waals surface area contributed by atoms with E-state index < -0.39 is 0 Å². The van der Waals surface area contributed by atoms with E-state index in [4.69, 9.17) is 14.2 Å². The zero-order valence-corrected chi connectivity index (χ0v) is 15.2. The maximum atomic E-state index is 12.3. The predicted octanol–water partition coefficient (Wildman–Crippen LogP) is 3.35. The normalized spacial score (nSPS) is 17.5. The van der Waals surface area contributed by atoms with E-state index in [-0.39, 0.29) is 18.6 Å². The topological polar surface area (TPSA) is 60.0 Å². The van der Waals surface area contributed by atoms with Crippen LogP contribution in [0.25, 0.3) is 0 Å². The molecule has 6 heteroatoms. The van der Waals surface area contributed by atoms with Crippen LogP contribution in [0.4, 0.5) is 11.4 Å². The highest BCUT2D eigenvalue weighted by Gasteiger charge is 2.31. The average molecular weight is 354 g/mol. The lowest BCUT2D eigenvalue weighted by Crippen LogP contribution is -2.24. The first-order valence-electron chi connectivity index (χ1n) is 8.74. The molecule has 0 radical (unpaired) electrons. The van der Waals surface area contributed by atoms with E-state index in [9.17, 15) is 4.79 Å². The lowest BCUT2D eigenvalue weighted by Gasteiger charge is -2.28. The first-order valence-corrected chi connectivity index (χ1v) is 8.74. The Morgan fingerprint density at radius 3 is 2.65 bits per heavy atom. The number of benzene rings is 2. The van der Waals surface area contributed by atoms with E-state index in [2.05, 4.69) is 17.4 Å². The van der Waals surface area contributed by atoms with Gasteiger partial charge in [-0.2, -0.15) is 0 Å². The van der Waals surface area contributed by atoms with Crippen LogP contribution in [0.1, 0.15) is 30.4 Å². The van der Waals surface area contributed by atoms with Gasteiger partial charge in [0.05, 0.1) is 6.61 Å². The summed E-state index contributed by atoms with van der Waals surface area (Å²) in [5.41, 5.74) is 3.86. The summed E-state index contributed by atoms with van der Waals surface area (Å²) in [6, 6.07) is 9.95. The zero-order valence-electron chi connectivity index (χ0n) is 15.2. The molecule has 0 fully saturated rings. The van der Waals surface area contributed by atoms with E-state index in [1.165, 1.54) is 0 Å². The van der Waals surface area contributed by atoms with Crippen LogP contribution in [0.5, 0.6) is 17.2 Å². The molecule has 1 atom stereocenters. The van der Waals surface area contributed by atoms with Crippen molar-refractivity contribution in [3.8, 4) is 17.2 Å². The Bertz CT molecular complexity index is 863. The number of hydrogen-bond donors (Lipinski definition) is 1. The largest absolute Gasteiger partial charge is 0.493 e. The molecule has 2 aliphatic heterocycles. The third kappa shape index (κ3) is 2.81. The second-order valence-electron chi connectivity index (χ2n) is 6.65.